The molecule has 2 rings (SSSR count). The first-order chi connectivity index (χ1) is 11.6. The van der Waals surface area contributed by atoms with Crippen LogP contribution in [0.25, 0.3) is 0 Å². The van der Waals surface area contributed by atoms with E-state index in [1.165, 1.54) is 0 Å². The van der Waals surface area contributed by atoms with Crippen molar-refractivity contribution in [1.82, 2.24) is 4.90 Å². The van der Waals surface area contributed by atoms with Crippen LogP contribution in [0.4, 0.5) is 5.69 Å². The number of nitrogens with zero attached hydrogens (tertiary/aromatic N) is 1. The third-order valence-corrected chi connectivity index (χ3v) is 3.56. The van der Waals surface area contributed by atoms with Gasteiger partial charge in [-0.15, -0.1) is 0 Å². The summed E-state index contributed by atoms with van der Waals surface area (Å²) in [5, 5.41) is 2.75. The average Bonchev–Trinajstić information content (AvgIpc) is 2.58. The molecule has 0 spiro atoms. The summed E-state index contributed by atoms with van der Waals surface area (Å²) in [6, 6.07) is 16.5. The molecule has 24 heavy (non-hydrogen) atoms. The van der Waals surface area contributed by atoms with Gasteiger partial charge in [0.2, 0.25) is 11.8 Å². The summed E-state index contributed by atoms with van der Waals surface area (Å²) < 4.78 is 5.80. The number of rotatable bonds is 7. The van der Waals surface area contributed by atoms with E-state index in [4.69, 9.17) is 4.74 Å². The van der Waals surface area contributed by atoms with Crippen molar-refractivity contribution in [3.05, 3.63) is 54.6 Å². The third-order valence-electron chi connectivity index (χ3n) is 3.56. The molecule has 0 heterocycles. The van der Waals surface area contributed by atoms with Crippen LogP contribution >= 0.6 is 0 Å². The average molecular weight is 326 g/mol. The Kier molecular flexibility index (Phi) is 6.37. The van der Waals surface area contributed by atoms with Crippen molar-refractivity contribution in [3.8, 4) is 11.5 Å². The van der Waals surface area contributed by atoms with Crippen molar-refractivity contribution in [2.24, 2.45) is 0 Å². The SMILES string of the molecule is CCN(CC)C(=O)CC(=O)Nc1ccccc1Oc1ccccc1. The first-order valence-corrected chi connectivity index (χ1v) is 8.03. The summed E-state index contributed by atoms with van der Waals surface area (Å²) in [6.07, 6.45) is -0.179. The molecule has 0 unspecified atom stereocenters. The van der Waals surface area contributed by atoms with E-state index in [2.05, 4.69) is 5.32 Å². The van der Waals surface area contributed by atoms with Gasteiger partial charge in [-0.2, -0.15) is 0 Å². The van der Waals surface area contributed by atoms with Crippen molar-refractivity contribution < 1.29 is 14.3 Å². The van der Waals surface area contributed by atoms with Crippen molar-refractivity contribution in [2.75, 3.05) is 18.4 Å². The number of benzene rings is 2. The topological polar surface area (TPSA) is 58.6 Å². The first-order valence-electron chi connectivity index (χ1n) is 8.03. The second-order valence-corrected chi connectivity index (χ2v) is 5.20. The third kappa shape index (κ3) is 4.84. The van der Waals surface area contributed by atoms with Crippen molar-refractivity contribution >= 4 is 17.5 Å². The van der Waals surface area contributed by atoms with Gasteiger partial charge in [-0.3, -0.25) is 9.59 Å². The van der Waals surface area contributed by atoms with Crippen LogP contribution in [0.1, 0.15) is 20.3 Å². The minimum Gasteiger partial charge on any atom is -0.455 e. The molecule has 0 aliphatic rings. The maximum Gasteiger partial charge on any atom is 0.233 e. The van der Waals surface area contributed by atoms with Crippen LogP contribution < -0.4 is 10.1 Å². The second-order valence-electron chi connectivity index (χ2n) is 5.20. The highest BCUT2D eigenvalue weighted by Crippen LogP contribution is 2.29. The molecule has 0 bridgehead atoms. The fraction of sp³-hybridized carbons (Fsp3) is 0.263. The van der Waals surface area contributed by atoms with Crippen molar-refractivity contribution in [3.63, 3.8) is 0 Å². The lowest BCUT2D eigenvalue weighted by atomic mass is 10.2. The molecule has 0 saturated heterocycles. The molecule has 2 aromatic carbocycles. The van der Waals surface area contributed by atoms with Crippen LogP contribution in [-0.4, -0.2) is 29.8 Å². The fourth-order valence-corrected chi connectivity index (χ4v) is 2.29. The molecule has 0 fully saturated rings. The fourth-order valence-electron chi connectivity index (χ4n) is 2.29. The van der Waals surface area contributed by atoms with E-state index in [1.54, 1.807) is 23.1 Å². The Hall–Kier alpha value is -2.82. The lowest BCUT2D eigenvalue weighted by Crippen LogP contribution is -2.33. The highest BCUT2D eigenvalue weighted by atomic mass is 16.5. The Bertz CT molecular complexity index is 682. The summed E-state index contributed by atoms with van der Waals surface area (Å²) in [6.45, 7) is 4.97. The van der Waals surface area contributed by atoms with Crippen LogP contribution in [0.3, 0.4) is 0 Å². The number of carbonyl (C=O) groups excluding carboxylic acids is 2. The molecule has 2 aromatic rings. The number of amides is 2. The first kappa shape index (κ1) is 17.5. The molecule has 0 aliphatic heterocycles. The van der Waals surface area contributed by atoms with Gasteiger partial charge in [-0.25, -0.2) is 0 Å². The molecule has 1 N–H and O–H groups in total. The molecule has 2 amide bonds. The predicted molar refractivity (Wildman–Crippen MR) is 94.1 cm³/mol. The number of anilines is 1. The molecule has 126 valence electrons. The molecular formula is C19H22N2O3. The quantitative estimate of drug-likeness (QED) is 0.790. The van der Waals surface area contributed by atoms with Gasteiger partial charge < -0.3 is 15.0 Å². The summed E-state index contributed by atoms with van der Waals surface area (Å²) in [4.78, 5) is 25.8. The number of hydrogen-bond acceptors (Lipinski definition) is 3. The Morgan fingerprint density at radius 3 is 2.25 bits per heavy atom. The van der Waals surface area contributed by atoms with Gasteiger partial charge >= 0.3 is 0 Å². The van der Waals surface area contributed by atoms with E-state index in [0.717, 1.165) is 0 Å². The summed E-state index contributed by atoms with van der Waals surface area (Å²) >= 11 is 0. The summed E-state index contributed by atoms with van der Waals surface area (Å²) in [7, 11) is 0. The molecule has 0 radical (unpaired) electrons. The smallest absolute Gasteiger partial charge is 0.233 e. The number of ether oxygens (including phenoxy) is 1. The van der Waals surface area contributed by atoms with Crippen molar-refractivity contribution in [1.29, 1.82) is 0 Å². The van der Waals surface area contributed by atoms with Crippen LogP contribution in [0, 0.1) is 0 Å². The predicted octanol–water partition coefficient (Wildman–Crippen LogP) is 3.68. The van der Waals surface area contributed by atoms with Gasteiger partial charge in [-0.1, -0.05) is 30.3 Å². The van der Waals surface area contributed by atoms with Crippen molar-refractivity contribution in [2.45, 2.75) is 20.3 Å². The Morgan fingerprint density at radius 2 is 1.58 bits per heavy atom. The van der Waals surface area contributed by atoms with Gasteiger partial charge in [0.25, 0.3) is 0 Å². The Morgan fingerprint density at radius 1 is 0.958 bits per heavy atom. The van der Waals surface area contributed by atoms with Gasteiger partial charge in [0.1, 0.15) is 12.2 Å². The zero-order valence-electron chi connectivity index (χ0n) is 14.0. The van der Waals surface area contributed by atoms with E-state index in [9.17, 15) is 9.59 Å². The molecule has 5 nitrogen and oxygen atoms in total. The largest absolute Gasteiger partial charge is 0.455 e. The molecule has 0 atom stereocenters. The van der Waals surface area contributed by atoms with Crippen LogP contribution in [0.15, 0.2) is 54.6 Å². The molecule has 5 heteroatoms. The minimum absolute atomic E-state index is 0.179. The van der Waals surface area contributed by atoms with E-state index < -0.39 is 0 Å². The minimum atomic E-state index is -0.351. The van der Waals surface area contributed by atoms with E-state index in [-0.39, 0.29) is 18.2 Å². The van der Waals surface area contributed by atoms with E-state index >= 15 is 0 Å². The summed E-state index contributed by atoms with van der Waals surface area (Å²) in [5.41, 5.74) is 0.540. The van der Waals surface area contributed by atoms with Crippen LogP contribution in [0.2, 0.25) is 0 Å². The number of hydrogen-bond donors (Lipinski definition) is 1. The molecular weight excluding hydrogens is 304 g/mol. The van der Waals surface area contributed by atoms with Gasteiger partial charge in [0, 0.05) is 13.1 Å². The zero-order chi connectivity index (χ0) is 17.4. The standard InChI is InChI=1S/C19H22N2O3/c1-3-21(4-2)19(23)14-18(22)20-16-12-8-9-13-17(16)24-15-10-6-5-7-11-15/h5-13H,3-4,14H2,1-2H3,(H,20,22). The number of nitrogens with one attached hydrogen (secondary N) is 1. The normalized spacial score (nSPS) is 10.1. The second kappa shape index (κ2) is 8.72. The maximum atomic E-state index is 12.1. The highest BCUT2D eigenvalue weighted by Gasteiger charge is 2.16. The lowest BCUT2D eigenvalue weighted by molar-refractivity contribution is -0.134. The summed E-state index contributed by atoms with van der Waals surface area (Å²) in [5.74, 6) is 0.681. The number of carbonyl (C=O) groups is 2. The Labute approximate surface area is 142 Å². The maximum absolute atomic E-state index is 12.1. The monoisotopic (exact) mass is 326 g/mol. The van der Waals surface area contributed by atoms with Gasteiger partial charge in [-0.05, 0) is 38.1 Å². The van der Waals surface area contributed by atoms with Crippen LogP contribution in [-0.2, 0) is 9.59 Å². The van der Waals surface area contributed by atoms with Gasteiger partial charge in [0.05, 0.1) is 5.69 Å². The molecule has 0 saturated carbocycles. The van der Waals surface area contributed by atoms with Crippen LogP contribution in [0.5, 0.6) is 11.5 Å². The number of para-hydroxylation sites is 3. The molecule has 0 aliphatic carbocycles. The zero-order valence-corrected chi connectivity index (χ0v) is 14.0. The van der Waals surface area contributed by atoms with Gasteiger partial charge in [0.15, 0.2) is 5.75 Å². The lowest BCUT2D eigenvalue weighted by Gasteiger charge is -2.18. The van der Waals surface area contributed by atoms with E-state index in [0.29, 0.717) is 30.3 Å². The Balaban J connectivity index is 2.04. The highest BCUT2D eigenvalue weighted by molar-refractivity contribution is 6.04. The molecule has 0 aromatic heterocycles. The van der Waals surface area contributed by atoms with E-state index in [1.807, 2.05) is 50.2 Å².